The van der Waals surface area contributed by atoms with Gasteiger partial charge in [-0.25, -0.2) is 10.8 Å². The fourth-order valence-corrected chi connectivity index (χ4v) is 2.37. The number of rotatable bonds is 5. The first-order valence-electron chi connectivity index (χ1n) is 5.53. The van der Waals surface area contributed by atoms with Crippen LogP contribution in [0.4, 0.5) is 5.69 Å². The molecule has 0 radical (unpaired) electrons. The number of carbonyl (C=O) groups is 1. The normalized spacial score (nSPS) is 10.2. The van der Waals surface area contributed by atoms with Gasteiger partial charge >= 0.3 is 0 Å². The third-order valence-corrected chi connectivity index (χ3v) is 3.57. The molecule has 2 aromatic rings. The zero-order valence-electron chi connectivity index (χ0n) is 10.4. The molecular formula is C11H9ClN4O4S. The maximum Gasteiger partial charge on any atom is 0.294 e. The number of hydrogen-bond acceptors (Lipinski definition) is 7. The number of aromatic nitrogens is 1. The second-order valence-corrected chi connectivity index (χ2v) is 5.04. The summed E-state index contributed by atoms with van der Waals surface area (Å²) in [6.07, 6.45) is 0. The molecule has 0 spiro atoms. The summed E-state index contributed by atoms with van der Waals surface area (Å²) >= 11 is 6.90. The minimum absolute atomic E-state index is 0.0148. The summed E-state index contributed by atoms with van der Waals surface area (Å²) in [6, 6.07) is 4.04. The van der Waals surface area contributed by atoms with E-state index in [1.807, 2.05) is 5.43 Å². The number of nitrogens with one attached hydrogen (secondary N) is 1. The predicted octanol–water partition coefficient (Wildman–Crippen LogP) is 1.89. The van der Waals surface area contributed by atoms with E-state index in [4.69, 9.17) is 22.2 Å². The number of ether oxygens (including phenoxy) is 1. The maximum absolute atomic E-state index is 11.2. The second-order valence-electron chi connectivity index (χ2n) is 3.78. The topological polar surface area (TPSA) is 120 Å². The van der Waals surface area contributed by atoms with Gasteiger partial charge in [-0.15, -0.1) is 11.3 Å². The van der Waals surface area contributed by atoms with Gasteiger partial charge in [0.25, 0.3) is 11.6 Å². The van der Waals surface area contributed by atoms with Crippen LogP contribution >= 0.6 is 22.9 Å². The molecule has 21 heavy (non-hydrogen) atoms. The number of hydrogen-bond donors (Lipinski definition) is 2. The highest BCUT2D eigenvalue weighted by Gasteiger charge is 2.13. The first-order valence-corrected chi connectivity index (χ1v) is 6.79. The number of nitro benzene ring substituents is 1. The highest BCUT2D eigenvalue weighted by molar-refractivity contribution is 7.11. The second kappa shape index (κ2) is 6.48. The summed E-state index contributed by atoms with van der Waals surface area (Å²) in [6.45, 7) is 0.0997. The zero-order valence-corrected chi connectivity index (χ0v) is 12.0. The van der Waals surface area contributed by atoms with Gasteiger partial charge in [-0.1, -0.05) is 11.6 Å². The highest BCUT2D eigenvalue weighted by Crippen LogP contribution is 2.28. The third kappa shape index (κ3) is 3.66. The van der Waals surface area contributed by atoms with Crippen molar-refractivity contribution >= 4 is 34.5 Å². The molecule has 10 heteroatoms. The molecule has 3 N–H and O–H groups in total. The molecule has 1 amide bonds. The average Bonchev–Trinajstić information content (AvgIpc) is 2.92. The van der Waals surface area contributed by atoms with Crippen molar-refractivity contribution in [3.8, 4) is 5.75 Å². The molecule has 0 fully saturated rings. The van der Waals surface area contributed by atoms with E-state index in [-0.39, 0.29) is 22.3 Å². The van der Waals surface area contributed by atoms with Crippen molar-refractivity contribution in [2.45, 2.75) is 6.61 Å². The van der Waals surface area contributed by atoms with Crippen molar-refractivity contribution in [2.24, 2.45) is 5.84 Å². The van der Waals surface area contributed by atoms with E-state index in [2.05, 4.69) is 4.98 Å². The van der Waals surface area contributed by atoms with Crippen LogP contribution < -0.4 is 16.0 Å². The zero-order chi connectivity index (χ0) is 15.4. The van der Waals surface area contributed by atoms with Gasteiger partial charge in [-0.05, 0) is 6.07 Å². The Morgan fingerprint density at radius 1 is 1.57 bits per heavy atom. The maximum atomic E-state index is 11.2. The molecule has 0 aliphatic carbocycles. The lowest BCUT2D eigenvalue weighted by molar-refractivity contribution is -0.384. The van der Waals surface area contributed by atoms with Crippen molar-refractivity contribution in [1.29, 1.82) is 0 Å². The molecule has 0 bridgehead atoms. The smallest absolute Gasteiger partial charge is 0.294 e. The van der Waals surface area contributed by atoms with Gasteiger partial charge in [0.15, 0.2) is 5.01 Å². The van der Waals surface area contributed by atoms with E-state index in [0.717, 1.165) is 11.3 Å². The van der Waals surface area contributed by atoms with E-state index in [1.165, 1.54) is 18.2 Å². The number of nitro groups is 1. The van der Waals surface area contributed by atoms with E-state index in [1.54, 1.807) is 5.38 Å². The molecule has 0 saturated heterocycles. The van der Waals surface area contributed by atoms with E-state index in [0.29, 0.717) is 11.4 Å². The molecule has 2 rings (SSSR count). The van der Waals surface area contributed by atoms with Gasteiger partial charge in [0.1, 0.15) is 17.4 Å². The van der Waals surface area contributed by atoms with Crippen molar-refractivity contribution in [1.82, 2.24) is 10.4 Å². The lowest BCUT2D eigenvalue weighted by Gasteiger charge is -2.04. The Morgan fingerprint density at radius 3 is 2.95 bits per heavy atom. The molecular weight excluding hydrogens is 320 g/mol. The standard InChI is InChI=1S/C11H9ClN4O4S/c12-8-3-7(1-2-9(8)16(18)19)20-4-6-5-21-11(14-6)10(17)15-13/h1-3,5H,4,13H2,(H,15,17). The average molecular weight is 329 g/mol. The SMILES string of the molecule is NNC(=O)c1nc(COc2ccc([N+](=O)[O-])c(Cl)c2)cs1. The Labute approximate surface area is 127 Å². The van der Waals surface area contributed by atoms with Crippen molar-refractivity contribution in [2.75, 3.05) is 0 Å². The number of nitrogens with zero attached hydrogens (tertiary/aromatic N) is 2. The van der Waals surface area contributed by atoms with Gasteiger partial charge in [0.2, 0.25) is 0 Å². The van der Waals surface area contributed by atoms with Crippen LogP contribution in [0.2, 0.25) is 5.02 Å². The summed E-state index contributed by atoms with van der Waals surface area (Å²) < 4.78 is 5.41. The molecule has 1 aromatic heterocycles. The quantitative estimate of drug-likeness (QED) is 0.374. The van der Waals surface area contributed by atoms with Gasteiger partial charge < -0.3 is 4.74 Å². The van der Waals surface area contributed by atoms with Gasteiger partial charge in [0.05, 0.1) is 10.6 Å². The molecule has 0 atom stereocenters. The summed E-state index contributed by atoms with van der Waals surface area (Å²) in [5, 5.41) is 12.5. The van der Waals surface area contributed by atoms with E-state index >= 15 is 0 Å². The lowest BCUT2D eigenvalue weighted by Crippen LogP contribution is -2.29. The molecule has 0 aliphatic heterocycles. The summed E-state index contributed by atoms with van der Waals surface area (Å²) in [4.78, 5) is 25.3. The van der Waals surface area contributed by atoms with Crippen LogP contribution in [0.1, 0.15) is 15.5 Å². The van der Waals surface area contributed by atoms with Crippen molar-refractivity contribution < 1.29 is 14.5 Å². The number of halogens is 1. The number of amides is 1. The van der Waals surface area contributed by atoms with Crippen LogP contribution in [0.15, 0.2) is 23.6 Å². The predicted molar refractivity (Wildman–Crippen MR) is 76.2 cm³/mol. The highest BCUT2D eigenvalue weighted by atomic mass is 35.5. The first kappa shape index (κ1) is 15.2. The fraction of sp³-hybridized carbons (Fsp3) is 0.0909. The Balaban J connectivity index is 2.03. The molecule has 0 unspecified atom stereocenters. The van der Waals surface area contributed by atoms with Crippen LogP contribution in [0.5, 0.6) is 5.75 Å². The van der Waals surface area contributed by atoms with E-state index in [9.17, 15) is 14.9 Å². The Kier molecular flexibility index (Phi) is 4.68. The van der Waals surface area contributed by atoms with Crippen molar-refractivity contribution in [3.05, 3.63) is 49.4 Å². The monoisotopic (exact) mass is 328 g/mol. The Morgan fingerprint density at radius 2 is 2.33 bits per heavy atom. The summed E-state index contributed by atoms with van der Waals surface area (Å²) in [7, 11) is 0. The first-order chi connectivity index (χ1) is 10.0. The summed E-state index contributed by atoms with van der Waals surface area (Å²) in [5.74, 6) is 4.88. The Hall–Kier alpha value is -2.23. The molecule has 0 saturated carbocycles. The largest absolute Gasteiger partial charge is 0.487 e. The molecule has 0 aliphatic rings. The number of thiazole rings is 1. The molecule has 1 aromatic carbocycles. The van der Waals surface area contributed by atoms with Crippen LogP contribution in [0.3, 0.4) is 0 Å². The fourth-order valence-electron chi connectivity index (χ4n) is 1.42. The molecule has 8 nitrogen and oxygen atoms in total. The molecule has 110 valence electrons. The minimum atomic E-state index is -0.579. The number of nitrogen functional groups attached to an aromatic ring is 1. The number of nitrogens with two attached hydrogens (primary N) is 1. The number of benzene rings is 1. The van der Waals surface area contributed by atoms with Crippen molar-refractivity contribution in [3.63, 3.8) is 0 Å². The van der Waals surface area contributed by atoms with Gasteiger partial charge in [0, 0.05) is 17.5 Å². The number of hydrazine groups is 1. The molecule has 1 heterocycles. The van der Waals surface area contributed by atoms with Crippen LogP contribution in [0.25, 0.3) is 0 Å². The number of carbonyl (C=O) groups excluding carboxylic acids is 1. The van der Waals surface area contributed by atoms with Gasteiger partial charge in [-0.2, -0.15) is 0 Å². The van der Waals surface area contributed by atoms with Crippen LogP contribution in [-0.2, 0) is 6.61 Å². The lowest BCUT2D eigenvalue weighted by atomic mass is 10.3. The van der Waals surface area contributed by atoms with E-state index < -0.39 is 10.8 Å². The Bertz CT molecular complexity index is 691. The minimum Gasteiger partial charge on any atom is -0.487 e. The van der Waals surface area contributed by atoms with Crippen LogP contribution in [0, 0.1) is 10.1 Å². The summed E-state index contributed by atoms with van der Waals surface area (Å²) in [5.41, 5.74) is 2.32. The van der Waals surface area contributed by atoms with Crippen LogP contribution in [-0.4, -0.2) is 15.8 Å². The van der Waals surface area contributed by atoms with Gasteiger partial charge in [-0.3, -0.25) is 20.3 Å². The third-order valence-electron chi connectivity index (χ3n) is 2.38.